The topological polar surface area (TPSA) is 71.2 Å². The zero-order valence-corrected chi connectivity index (χ0v) is 12.6. The van der Waals surface area contributed by atoms with Gasteiger partial charge >= 0.3 is 0 Å². The number of nitrogens with one attached hydrogen (secondary N) is 1. The Morgan fingerprint density at radius 2 is 2.14 bits per heavy atom. The standard InChI is InChI=1S/C16H24N4O/c1-11-9-13(16(17)19-10-11)15(21)14-3-2-8-20(14)12-4-6-18-7-5-12/h9-10,12,14,18H,2-8H2,1H3,(H2,17,19). The molecule has 2 saturated heterocycles. The SMILES string of the molecule is Cc1cnc(N)c(C(=O)C2CCCN2C2CCNCC2)c1. The third-order valence-corrected chi connectivity index (χ3v) is 4.70. The molecule has 0 aliphatic carbocycles. The van der Waals surface area contributed by atoms with Crippen LogP contribution in [0.4, 0.5) is 5.82 Å². The third kappa shape index (κ3) is 2.94. The van der Waals surface area contributed by atoms with Crippen molar-refractivity contribution >= 4 is 11.6 Å². The van der Waals surface area contributed by atoms with Crippen LogP contribution in [0.1, 0.15) is 41.6 Å². The summed E-state index contributed by atoms with van der Waals surface area (Å²) in [5.41, 5.74) is 7.50. The molecule has 2 fully saturated rings. The molecule has 0 spiro atoms. The number of aromatic nitrogens is 1. The smallest absolute Gasteiger partial charge is 0.183 e. The summed E-state index contributed by atoms with van der Waals surface area (Å²) < 4.78 is 0. The number of hydrogen-bond donors (Lipinski definition) is 2. The Morgan fingerprint density at radius 3 is 2.90 bits per heavy atom. The van der Waals surface area contributed by atoms with E-state index in [4.69, 9.17) is 5.73 Å². The minimum atomic E-state index is -0.0148. The van der Waals surface area contributed by atoms with Crippen LogP contribution in [0.2, 0.25) is 0 Å². The lowest BCUT2D eigenvalue weighted by molar-refractivity contribution is 0.0784. The Balaban J connectivity index is 1.80. The Hall–Kier alpha value is -1.46. The van der Waals surface area contributed by atoms with Crippen molar-refractivity contribution in [1.29, 1.82) is 0 Å². The van der Waals surface area contributed by atoms with Gasteiger partial charge < -0.3 is 11.1 Å². The highest BCUT2D eigenvalue weighted by molar-refractivity contribution is 6.03. The number of ketones is 1. The Labute approximate surface area is 125 Å². The van der Waals surface area contributed by atoms with Crippen molar-refractivity contribution in [2.75, 3.05) is 25.4 Å². The maximum atomic E-state index is 12.9. The molecule has 2 aliphatic rings. The van der Waals surface area contributed by atoms with Gasteiger partial charge in [-0.05, 0) is 63.9 Å². The van der Waals surface area contributed by atoms with Crippen LogP contribution in [0.25, 0.3) is 0 Å². The molecule has 0 saturated carbocycles. The predicted octanol–water partition coefficient (Wildman–Crippen LogP) is 1.37. The second-order valence-electron chi connectivity index (χ2n) is 6.19. The monoisotopic (exact) mass is 288 g/mol. The first-order chi connectivity index (χ1) is 10.2. The fraction of sp³-hybridized carbons (Fsp3) is 0.625. The first kappa shape index (κ1) is 14.5. The molecule has 3 N–H and O–H groups in total. The molecule has 1 unspecified atom stereocenters. The van der Waals surface area contributed by atoms with Gasteiger partial charge in [0.2, 0.25) is 0 Å². The molecule has 1 atom stereocenters. The number of piperidine rings is 1. The van der Waals surface area contributed by atoms with Crippen LogP contribution in [0.5, 0.6) is 0 Å². The molecule has 3 rings (SSSR count). The molecule has 2 aliphatic heterocycles. The molecule has 5 heteroatoms. The fourth-order valence-electron chi connectivity index (χ4n) is 3.60. The molecule has 1 aromatic heterocycles. The first-order valence-electron chi connectivity index (χ1n) is 7.89. The molecule has 3 heterocycles. The van der Waals surface area contributed by atoms with Crippen molar-refractivity contribution in [3.05, 3.63) is 23.4 Å². The Kier molecular flexibility index (Phi) is 4.22. The van der Waals surface area contributed by atoms with Crippen molar-refractivity contribution in [2.24, 2.45) is 0 Å². The lowest BCUT2D eigenvalue weighted by Crippen LogP contribution is -2.48. The van der Waals surface area contributed by atoms with Gasteiger partial charge in [-0.3, -0.25) is 9.69 Å². The van der Waals surface area contributed by atoms with Crippen LogP contribution in [-0.4, -0.2) is 47.4 Å². The van der Waals surface area contributed by atoms with Crippen molar-refractivity contribution in [2.45, 2.75) is 44.7 Å². The van der Waals surface area contributed by atoms with Crippen LogP contribution < -0.4 is 11.1 Å². The van der Waals surface area contributed by atoms with E-state index in [9.17, 15) is 4.79 Å². The van der Waals surface area contributed by atoms with E-state index in [1.54, 1.807) is 6.20 Å². The molecule has 0 aromatic carbocycles. The van der Waals surface area contributed by atoms with Gasteiger partial charge in [0.05, 0.1) is 11.6 Å². The molecule has 5 nitrogen and oxygen atoms in total. The molecule has 0 bridgehead atoms. The van der Waals surface area contributed by atoms with Gasteiger partial charge in [-0.1, -0.05) is 0 Å². The van der Waals surface area contributed by atoms with E-state index in [0.29, 0.717) is 17.4 Å². The van der Waals surface area contributed by atoms with E-state index < -0.39 is 0 Å². The number of Topliss-reactive ketones (excluding diaryl/α,β-unsaturated/α-hetero) is 1. The summed E-state index contributed by atoms with van der Waals surface area (Å²) in [7, 11) is 0. The van der Waals surface area contributed by atoms with E-state index in [-0.39, 0.29) is 11.8 Å². The van der Waals surface area contributed by atoms with E-state index in [2.05, 4.69) is 15.2 Å². The van der Waals surface area contributed by atoms with Crippen LogP contribution in [0.15, 0.2) is 12.3 Å². The minimum Gasteiger partial charge on any atom is -0.383 e. The number of anilines is 1. The summed E-state index contributed by atoms with van der Waals surface area (Å²) in [6.45, 7) is 5.08. The summed E-state index contributed by atoms with van der Waals surface area (Å²) in [4.78, 5) is 19.4. The lowest BCUT2D eigenvalue weighted by Gasteiger charge is -2.35. The zero-order chi connectivity index (χ0) is 14.8. The van der Waals surface area contributed by atoms with Crippen LogP contribution in [0.3, 0.4) is 0 Å². The Morgan fingerprint density at radius 1 is 1.38 bits per heavy atom. The van der Waals surface area contributed by atoms with Gasteiger partial charge in [0.15, 0.2) is 5.78 Å². The summed E-state index contributed by atoms with van der Waals surface area (Å²) in [6.07, 6.45) is 6.01. The summed E-state index contributed by atoms with van der Waals surface area (Å²) >= 11 is 0. The highest BCUT2D eigenvalue weighted by Gasteiger charge is 2.36. The summed E-state index contributed by atoms with van der Waals surface area (Å²) in [6, 6.07) is 2.39. The van der Waals surface area contributed by atoms with Gasteiger partial charge in [0.1, 0.15) is 5.82 Å². The Bertz CT molecular complexity index is 525. The molecular weight excluding hydrogens is 264 g/mol. The normalized spacial score (nSPS) is 24.3. The number of likely N-dealkylation sites (tertiary alicyclic amines) is 1. The van der Waals surface area contributed by atoms with Crippen LogP contribution in [-0.2, 0) is 0 Å². The van der Waals surface area contributed by atoms with Gasteiger partial charge in [-0.25, -0.2) is 4.98 Å². The highest BCUT2D eigenvalue weighted by Crippen LogP contribution is 2.28. The van der Waals surface area contributed by atoms with E-state index >= 15 is 0 Å². The number of carbonyl (C=O) groups excluding carboxylic acids is 1. The first-order valence-corrected chi connectivity index (χ1v) is 7.89. The average molecular weight is 288 g/mol. The molecular formula is C16H24N4O. The fourth-order valence-corrected chi connectivity index (χ4v) is 3.60. The lowest BCUT2D eigenvalue weighted by atomic mass is 9.98. The zero-order valence-electron chi connectivity index (χ0n) is 12.6. The third-order valence-electron chi connectivity index (χ3n) is 4.70. The average Bonchev–Trinajstić information content (AvgIpc) is 2.99. The quantitative estimate of drug-likeness (QED) is 0.822. The van der Waals surface area contributed by atoms with E-state index in [0.717, 1.165) is 50.9 Å². The van der Waals surface area contributed by atoms with Crippen molar-refractivity contribution in [3.8, 4) is 0 Å². The largest absolute Gasteiger partial charge is 0.383 e. The van der Waals surface area contributed by atoms with Crippen molar-refractivity contribution in [1.82, 2.24) is 15.2 Å². The number of aryl methyl sites for hydroxylation is 1. The van der Waals surface area contributed by atoms with Crippen molar-refractivity contribution < 1.29 is 4.79 Å². The number of nitrogens with two attached hydrogens (primary N) is 1. The van der Waals surface area contributed by atoms with Gasteiger partial charge in [0, 0.05) is 12.2 Å². The predicted molar refractivity (Wildman–Crippen MR) is 83.3 cm³/mol. The summed E-state index contributed by atoms with van der Waals surface area (Å²) in [5, 5.41) is 3.39. The van der Waals surface area contributed by atoms with Gasteiger partial charge in [-0.2, -0.15) is 0 Å². The van der Waals surface area contributed by atoms with Crippen LogP contribution in [0, 0.1) is 6.92 Å². The molecule has 1 aromatic rings. The number of hydrogen-bond acceptors (Lipinski definition) is 5. The van der Waals surface area contributed by atoms with Crippen LogP contribution >= 0.6 is 0 Å². The number of nitrogen functional groups attached to an aromatic ring is 1. The number of pyridine rings is 1. The number of carbonyl (C=O) groups is 1. The number of rotatable bonds is 3. The van der Waals surface area contributed by atoms with Gasteiger partial charge in [-0.15, -0.1) is 0 Å². The summed E-state index contributed by atoms with van der Waals surface area (Å²) in [5.74, 6) is 0.516. The minimum absolute atomic E-state index is 0.0148. The van der Waals surface area contributed by atoms with E-state index in [1.165, 1.54) is 0 Å². The molecule has 114 valence electrons. The molecule has 0 radical (unpaired) electrons. The van der Waals surface area contributed by atoms with Crippen molar-refractivity contribution in [3.63, 3.8) is 0 Å². The second kappa shape index (κ2) is 6.12. The highest BCUT2D eigenvalue weighted by atomic mass is 16.1. The van der Waals surface area contributed by atoms with E-state index in [1.807, 2.05) is 13.0 Å². The second-order valence-corrected chi connectivity index (χ2v) is 6.19. The van der Waals surface area contributed by atoms with Gasteiger partial charge in [0.25, 0.3) is 0 Å². The number of nitrogens with zero attached hydrogens (tertiary/aromatic N) is 2. The maximum Gasteiger partial charge on any atom is 0.183 e. The maximum absolute atomic E-state index is 12.9. The molecule has 21 heavy (non-hydrogen) atoms. The molecule has 0 amide bonds.